The number of nitrogens with one attached hydrogen (secondary N) is 1. The Morgan fingerprint density at radius 2 is 1.83 bits per heavy atom. The predicted octanol–water partition coefficient (Wildman–Crippen LogP) is 4.72. The average molecular weight is 329 g/mol. The molecule has 1 aliphatic rings. The van der Waals surface area contributed by atoms with Gasteiger partial charge in [-0.2, -0.15) is 0 Å². The van der Waals surface area contributed by atoms with E-state index in [4.69, 9.17) is 0 Å². The lowest BCUT2D eigenvalue weighted by atomic mass is 9.88. The lowest BCUT2D eigenvalue weighted by Gasteiger charge is -2.22. The quantitative estimate of drug-likeness (QED) is 0.863. The van der Waals surface area contributed by atoms with E-state index in [9.17, 15) is 13.6 Å². The summed E-state index contributed by atoms with van der Waals surface area (Å²) >= 11 is 0. The minimum Gasteiger partial charge on any atom is -0.345 e. The minimum atomic E-state index is -0.840. The lowest BCUT2D eigenvalue weighted by Crippen LogP contribution is -2.29. The van der Waals surface area contributed by atoms with Crippen LogP contribution in [0.5, 0.6) is 0 Å². The van der Waals surface area contributed by atoms with Crippen LogP contribution in [0.25, 0.3) is 0 Å². The van der Waals surface area contributed by atoms with Crippen LogP contribution in [0.1, 0.15) is 59.3 Å². The summed E-state index contributed by atoms with van der Waals surface area (Å²) in [6.07, 6.45) is 5.30. The van der Waals surface area contributed by atoms with Crippen molar-refractivity contribution < 1.29 is 13.6 Å². The van der Waals surface area contributed by atoms with Crippen molar-refractivity contribution >= 4 is 5.91 Å². The Balaban J connectivity index is 1.80. The average Bonchev–Trinajstić information content (AvgIpc) is 2.59. The van der Waals surface area contributed by atoms with E-state index in [-0.39, 0.29) is 11.6 Å². The summed E-state index contributed by atoms with van der Waals surface area (Å²) in [7, 11) is 0. The van der Waals surface area contributed by atoms with Gasteiger partial charge in [0.05, 0.1) is 11.6 Å². The number of hydrogen-bond donors (Lipinski definition) is 1. The Kier molecular flexibility index (Phi) is 4.93. The molecule has 0 bridgehead atoms. The maximum atomic E-state index is 13.8. The molecule has 0 aromatic heterocycles. The number of hydrogen-bond acceptors (Lipinski definition) is 1. The summed E-state index contributed by atoms with van der Waals surface area (Å²) in [5.41, 5.74) is 3.64. The summed E-state index contributed by atoms with van der Waals surface area (Å²) in [6.45, 7) is 1.98. The molecule has 1 amide bonds. The summed E-state index contributed by atoms with van der Waals surface area (Å²) in [5, 5.41) is 2.86. The predicted molar refractivity (Wildman–Crippen MR) is 89.9 cm³/mol. The zero-order valence-electron chi connectivity index (χ0n) is 13.7. The molecule has 24 heavy (non-hydrogen) atoms. The highest BCUT2D eigenvalue weighted by Gasteiger charge is 2.19. The van der Waals surface area contributed by atoms with Gasteiger partial charge < -0.3 is 5.32 Å². The fourth-order valence-corrected chi connectivity index (χ4v) is 3.30. The van der Waals surface area contributed by atoms with Crippen molar-refractivity contribution in [2.45, 2.75) is 45.1 Å². The molecule has 0 saturated carbocycles. The third kappa shape index (κ3) is 3.48. The molecular formula is C20H21F2NO. The summed E-state index contributed by atoms with van der Waals surface area (Å²) < 4.78 is 26.8. The molecule has 0 heterocycles. The summed E-state index contributed by atoms with van der Waals surface area (Å²) in [6, 6.07) is 9.15. The van der Waals surface area contributed by atoms with Crippen LogP contribution in [-0.2, 0) is 12.8 Å². The van der Waals surface area contributed by atoms with Crippen molar-refractivity contribution in [1.29, 1.82) is 0 Å². The smallest absolute Gasteiger partial charge is 0.254 e. The number of benzene rings is 2. The minimum absolute atomic E-state index is 0.132. The number of fused-ring (bicyclic) bond motifs is 1. The largest absolute Gasteiger partial charge is 0.345 e. The standard InChI is InChI=1S/C20H21F2NO/c1-2-19(15-8-7-13-5-3-4-6-14(13)11-15)23-20(24)17-10-9-16(21)12-18(17)22/h7-12,19H,2-6H2,1H3,(H,23,24). The molecule has 1 atom stereocenters. The number of halogens is 2. The Hall–Kier alpha value is -2.23. The molecule has 2 aromatic carbocycles. The number of amides is 1. The van der Waals surface area contributed by atoms with Gasteiger partial charge in [0.1, 0.15) is 11.6 Å². The molecule has 0 spiro atoms. The highest BCUT2D eigenvalue weighted by molar-refractivity contribution is 5.94. The first kappa shape index (κ1) is 16.6. The Bertz CT molecular complexity index is 757. The van der Waals surface area contributed by atoms with Gasteiger partial charge in [0.25, 0.3) is 5.91 Å². The molecular weight excluding hydrogens is 308 g/mol. The van der Waals surface area contributed by atoms with Gasteiger partial charge in [0, 0.05) is 6.07 Å². The summed E-state index contributed by atoms with van der Waals surface area (Å²) in [4.78, 5) is 12.3. The first-order valence-corrected chi connectivity index (χ1v) is 8.46. The number of carbonyl (C=O) groups is 1. The Labute approximate surface area is 140 Å². The zero-order chi connectivity index (χ0) is 17.1. The van der Waals surface area contributed by atoms with Crippen molar-refractivity contribution in [3.63, 3.8) is 0 Å². The first-order valence-electron chi connectivity index (χ1n) is 8.46. The highest BCUT2D eigenvalue weighted by atomic mass is 19.1. The van der Waals surface area contributed by atoms with E-state index >= 15 is 0 Å². The molecule has 1 aliphatic carbocycles. The van der Waals surface area contributed by atoms with Crippen LogP contribution < -0.4 is 5.32 Å². The van der Waals surface area contributed by atoms with Crippen molar-refractivity contribution in [3.05, 3.63) is 70.3 Å². The van der Waals surface area contributed by atoms with Gasteiger partial charge in [-0.15, -0.1) is 0 Å². The van der Waals surface area contributed by atoms with Crippen molar-refractivity contribution in [1.82, 2.24) is 5.32 Å². The molecule has 4 heteroatoms. The maximum Gasteiger partial charge on any atom is 0.254 e. The van der Waals surface area contributed by atoms with E-state index in [1.54, 1.807) is 0 Å². The van der Waals surface area contributed by atoms with Crippen LogP contribution in [0.2, 0.25) is 0 Å². The zero-order valence-corrected chi connectivity index (χ0v) is 13.7. The topological polar surface area (TPSA) is 29.1 Å². The molecule has 2 aromatic rings. The number of aryl methyl sites for hydroxylation is 2. The van der Waals surface area contributed by atoms with Crippen molar-refractivity contribution in [2.24, 2.45) is 0 Å². The fourth-order valence-electron chi connectivity index (χ4n) is 3.30. The first-order chi connectivity index (χ1) is 11.6. The third-order valence-corrected chi connectivity index (χ3v) is 4.66. The second-order valence-electron chi connectivity index (χ2n) is 6.29. The van der Waals surface area contributed by atoms with Gasteiger partial charge in [-0.1, -0.05) is 25.1 Å². The maximum absolute atomic E-state index is 13.8. The van der Waals surface area contributed by atoms with Crippen LogP contribution in [0, 0.1) is 11.6 Å². The van der Waals surface area contributed by atoms with Crippen LogP contribution in [0.15, 0.2) is 36.4 Å². The molecule has 1 unspecified atom stereocenters. The van der Waals surface area contributed by atoms with Gasteiger partial charge in [-0.3, -0.25) is 4.79 Å². The molecule has 0 radical (unpaired) electrons. The van der Waals surface area contributed by atoms with Gasteiger partial charge in [0.2, 0.25) is 0 Å². The monoisotopic (exact) mass is 329 g/mol. The molecule has 0 aliphatic heterocycles. The van der Waals surface area contributed by atoms with E-state index in [1.165, 1.54) is 30.0 Å². The SMILES string of the molecule is CCC(NC(=O)c1ccc(F)cc1F)c1ccc2c(c1)CCCC2. The van der Waals surface area contributed by atoms with E-state index in [0.29, 0.717) is 6.42 Å². The van der Waals surface area contributed by atoms with Crippen LogP contribution in [-0.4, -0.2) is 5.91 Å². The molecule has 0 saturated heterocycles. The molecule has 1 N–H and O–H groups in total. The molecule has 3 rings (SSSR count). The van der Waals surface area contributed by atoms with E-state index in [1.807, 2.05) is 13.0 Å². The Morgan fingerprint density at radius 3 is 2.54 bits per heavy atom. The fraction of sp³-hybridized carbons (Fsp3) is 0.350. The van der Waals surface area contributed by atoms with Crippen LogP contribution >= 0.6 is 0 Å². The van der Waals surface area contributed by atoms with E-state index in [0.717, 1.165) is 30.5 Å². The number of carbonyl (C=O) groups excluding carboxylic acids is 1. The molecule has 0 fully saturated rings. The van der Waals surface area contributed by atoms with Gasteiger partial charge in [-0.25, -0.2) is 8.78 Å². The van der Waals surface area contributed by atoms with Crippen molar-refractivity contribution in [3.8, 4) is 0 Å². The van der Waals surface area contributed by atoms with Crippen LogP contribution in [0.4, 0.5) is 8.78 Å². The Morgan fingerprint density at radius 1 is 1.08 bits per heavy atom. The third-order valence-electron chi connectivity index (χ3n) is 4.66. The van der Waals surface area contributed by atoms with Gasteiger partial charge in [-0.05, 0) is 60.9 Å². The van der Waals surface area contributed by atoms with Gasteiger partial charge in [0.15, 0.2) is 0 Å². The lowest BCUT2D eigenvalue weighted by molar-refractivity contribution is 0.0931. The second kappa shape index (κ2) is 7.12. The summed E-state index contributed by atoms with van der Waals surface area (Å²) in [5.74, 6) is -2.05. The normalized spacial score (nSPS) is 14.8. The number of rotatable bonds is 4. The van der Waals surface area contributed by atoms with E-state index in [2.05, 4.69) is 17.4 Å². The van der Waals surface area contributed by atoms with Crippen LogP contribution in [0.3, 0.4) is 0 Å². The molecule has 126 valence electrons. The van der Waals surface area contributed by atoms with Crippen molar-refractivity contribution in [2.75, 3.05) is 0 Å². The van der Waals surface area contributed by atoms with E-state index < -0.39 is 17.5 Å². The van der Waals surface area contributed by atoms with Gasteiger partial charge >= 0.3 is 0 Å². The highest BCUT2D eigenvalue weighted by Crippen LogP contribution is 2.26. The second-order valence-corrected chi connectivity index (χ2v) is 6.29. The molecule has 2 nitrogen and oxygen atoms in total.